The van der Waals surface area contributed by atoms with Crippen LogP contribution in [0.25, 0.3) is 0 Å². The standard InChI is InChI=1S/C14H22N2O3S/c1-3-16(10-12-5-4-8-20-12)14(19)15-9-11(2)6-7-13(17)18/h4-5,8,11H,3,6-7,9-10H2,1-2H3,(H,15,19)(H,17,18). The van der Waals surface area contributed by atoms with E-state index in [0.29, 0.717) is 26.1 Å². The summed E-state index contributed by atoms with van der Waals surface area (Å²) in [7, 11) is 0. The van der Waals surface area contributed by atoms with Gasteiger partial charge >= 0.3 is 12.0 Å². The summed E-state index contributed by atoms with van der Waals surface area (Å²) in [5.74, 6) is -0.633. The summed E-state index contributed by atoms with van der Waals surface area (Å²) < 4.78 is 0. The van der Waals surface area contributed by atoms with Crippen molar-refractivity contribution >= 4 is 23.3 Å². The van der Waals surface area contributed by atoms with Crippen LogP contribution in [0.2, 0.25) is 0 Å². The second-order valence-electron chi connectivity index (χ2n) is 4.82. The SMILES string of the molecule is CCN(Cc1cccs1)C(=O)NCC(C)CCC(=O)O. The van der Waals surface area contributed by atoms with Crippen molar-refractivity contribution in [2.75, 3.05) is 13.1 Å². The van der Waals surface area contributed by atoms with Gasteiger partial charge in [0.15, 0.2) is 0 Å². The molecule has 0 aromatic carbocycles. The van der Waals surface area contributed by atoms with Crippen LogP contribution in [0.15, 0.2) is 17.5 Å². The predicted molar refractivity (Wildman–Crippen MR) is 79.8 cm³/mol. The summed E-state index contributed by atoms with van der Waals surface area (Å²) in [4.78, 5) is 25.4. The molecule has 1 rings (SSSR count). The summed E-state index contributed by atoms with van der Waals surface area (Å²) >= 11 is 1.63. The minimum Gasteiger partial charge on any atom is -0.481 e. The van der Waals surface area contributed by atoms with Crippen molar-refractivity contribution in [3.63, 3.8) is 0 Å². The molecular weight excluding hydrogens is 276 g/mol. The van der Waals surface area contributed by atoms with Crippen LogP contribution in [0.3, 0.4) is 0 Å². The number of urea groups is 1. The number of nitrogens with zero attached hydrogens (tertiary/aromatic N) is 1. The number of carboxylic acids is 1. The van der Waals surface area contributed by atoms with Gasteiger partial charge in [0.05, 0.1) is 6.54 Å². The zero-order chi connectivity index (χ0) is 15.0. The molecule has 20 heavy (non-hydrogen) atoms. The van der Waals surface area contributed by atoms with Gasteiger partial charge < -0.3 is 15.3 Å². The maximum atomic E-state index is 12.0. The first-order valence-corrected chi connectivity index (χ1v) is 7.67. The van der Waals surface area contributed by atoms with Crippen LogP contribution in [0.5, 0.6) is 0 Å². The number of thiophene rings is 1. The Hall–Kier alpha value is -1.56. The van der Waals surface area contributed by atoms with E-state index < -0.39 is 5.97 Å². The fourth-order valence-corrected chi connectivity index (χ4v) is 2.48. The Balaban J connectivity index is 2.34. The van der Waals surface area contributed by atoms with Gasteiger partial charge in [-0.15, -0.1) is 11.3 Å². The first-order valence-electron chi connectivity index (χ1n) is 6.79. The van der Waals surface area contributed by atoms with Crippen LogP contribution in [0.1, 0.15) is 31.6 Å². The monoisotopic (exact) mass is 298 g/mol. The molecule has 0 aliphatic carbocycles. The third-order valence-corrected chi connectivity index (χ3v) is 3.91. The van der Waals surface area contributed by atoms with Crippen molar-refractivity contribution in [2.45, 2.75) is 33.2 Å². The van der Waals surface area contributed by atoms with Crippen LogP contribution in [0, 0.1) is 5.92 Å². The third kappa shape index (κ3) is 6.06. The molecule has 1 aromatic rings. The van der Waals surface area contributed by atoms with Crippen molar-refractivity contribution < 1.29 is 14.7 Å². The Labute approximate surface area is 123 Å². The van der Waals surface area contributed by atoms with Crippen molar-refractivity contribution in [3.8, 4) is 0 Å². The summed E-state index contributed by atoms with van der Waals surface area (Å²) in [6, 6.07) is 3.89. The lowest BCUT2D eigenvalue weighted by Crippen LogP contribution is -2.41. The van der Waals surface area contributed by atoms with Gasteiger partial charge in [-0.1, -0.05) is 13.0 Å². The number of carboxylic acid groups (broad SMARTS) is 1. The van der Waals surface area contributed by atoms with Gasteiger partial charge in [-0.2, -0.15) is 0 Å². The van der Waals surface area contributed by atoms with Crippen molar-refractivity contribution in [2.24, 2.45) is 5.92 Å². The quantitative estimate of drug-likeness (QED) is 0.775. The summed E-state index contributed by atoms with van der Waals surface area (Å²) in [5.41, 5.74) is 0. The van der Waals surface area contributed by atoms with Gasteiger partial charge in [0.2, 0.25) is 0 Å². The van der Waals surface area contributed by atoms with Gasteiger partial charge in [0, 0.05) is 24.4 Å². The Bertz CT molecular complexity index is 420. The molecule has 0 aliphatic heterocycles. The second kappa shape index (κ2) is 8.58. The average molecular weight is 298 g/mol. The minimum atomic E-state index is -0.795. The Kier molecular flexibility index (Phi) is 7.08. The molecular formula is C14H22N2O3S. The molecule has 0 fully saturated rings. The van der Waals surface area contributed by atoms with Gasteiger partial charge in [-0.05, 0) is 30.7 Å². The molecule has 0 aliphatic rings. The molecule has 112 valence electrons. The lowest BCUT2D eigenvalue weighted by Gasteiger charge is -2.22. The van der Waals surface area contributed by atoms with Gasteiger partial charge in [0.1, 0.15) is 0 Å². The maximum Gasteiger partial charge on any atom is 0.317 e. The van der Waals surface area contributed by atoms with E-state index in [0.717, 1.165) is 4.88 Å². The fourth-order valence-electron chi connectivity index (χ4n) is 1.76. The summed E-state index contributed by atoms with van der Waals surface area (Å²) in [5, 5.41) is 13.5. The molecule has 1 heterocycles. The number of rotatable bonds is 8. The predicted octanol–water partition coefficient (Wildman–Crippen LogP) is 2.78. The number of carbonyl (C=O) groups is 2. The topological polar surface area (TPSA) is 69.6 Å². The zero-order valence-corrected chi connectivity index (χ0v) is 12.8. The number of amides is 2. The van der Waals surface area contributed by atoms with Gasteiger partial charge in [0.25, 0.3) is 0 Å². The van der Waals surface area contributed by atoms with E-state index in [9.17, 15) is 9.59 Å². The first kappa shape index (κ1) is 16.5. The zero-order valence-electron chi connectivity index (χ0n) is 12.0. The van der Waals surface area contributed by atoms with E-state index in [1.807, 2.05) is 31.4 Å². The highest BCUT2D eigenvalue weighted by Gasteiger charge is 2.13. The Morgan fingerprint density at radius 2 is 2.25 bits per heavy atom. The molecule has 2 amide bonds. The minimum absolute atomic E-state index is 0.0944. The number of nitrogens with one attached hydrogen (secondary N) is 1. The first-order chi connectivity index (χ1) is 9.52. The average Bonchev–Trinajstić information content (AvgIpc) is 2.92. The van der Waals surface area contributed by atoms with Gasteiger partial charge in [-0.3, -0.25) is 4.79 Å². The summed E-state index contributed by atoms with van der Waals surface area (Å²) in [6.45, 7) is 5.66. The normalized spacial score (nSPS) is 11.9. The van der Waals surface area contributed by atoms with E-state index in [1.165, 1.54) is 0 Å². The lowest BCUT2D eigenvalue weighted by atomic mass is 10.1. The Morgan fingerprint density at radius 1 is 1.50 bits per heavy atom. The number of carbonyl (C=O) groups excluding carboxylic acids is 1. The maximum absolute atomic E-state index is 12.0. The van der Waals surface area contributed by atoms with E-state index in [4.69, 9.17) is 5.11 Å². The van der Waals surface area contributed by atoms with Crippen LogP contribution >= 0.6 is 11.3 Å². The number of hydrogen-bond acceptors (Lipinski definition) is 3. The number of hydrogen-bond donors (Lipinski definition) is 2. The molecule has 0 radical (unpaired) electrons. The van der Waals surface area contributed by atoms with Crippen molar-refractivity contribution in [3.05, 3.63) is 22.4 Å². The van der Waals surface area contributed by atoms with Crippen molar-refractivity contribution in [1.82, 2.24) is 10.2 Å². The van der Waals surface area contributed by atoms with Crippen LogP contribution in [0.4, 0.5) is 4.79 Å². The molecule has 1 aromatic heterocycles. The largest absolute Gasteiger partial charge is 0.481 e. The molecule has 0 spiro atoms. The van der Waals surface area contributed by atoms with E-state index in [2.05, 4.69) is 5.32 Å². The second-order valence-corrected chi connectivity index (χ2v) is 5.85. The molecule has 2 N–H and O–H groups in total. The van der Waals surface area contributed by atoms with E-state index in [-0.39, 0.29) is 18.4 Å². The third-order valence-electron chi connectivity index (χ3n) is 3.05. The highest BCUT2D eigenvalue weighted by Crippen LogP contribution is 2.12. The molecule has 1 unspecified atom stereocenters. The Morgan fingerprint density at radius 3 is 2.80 bits per heavy atom. The van der Waals surface area contributed by atoms with Crippen LogP contribution in [-0.4, -0.2) is 35.1 Å². The lowest BCUT2D eigenvalue weighted by molar-refractivity contribution is -0.137. The fraction of sp³-hybridized carbons (Fsp3) is 0.571. The molecule has 1 atom stereocenters. The van der Waals surface area contributed by atoms with E-state index in [1.54, 1.807) is 16.2 Å². The highest BCUT2D eigenvalue weighted by atomic mass is 32.1. The van der Waals surface area contributed by atoms with Crippen LogP contribution in [-0.2, 0) is 11.3 Å². The molecule has 0 bridgehead atoms. The molecule has 0 saturated carbocycles. The highest BCUT2D eigenvalue weighted by molar-refractivity contribution is 7.09. The smallest absolute Gasteiger partial charge is 0.317 e. The van der Waals surface area contributed by atoms with Crippen LogP contribution < -0.4 is 5.32 Å². The van der Waals surface area contributed by atoms with Crippen molar-refractivity contribution in [1.29, 1.82) is 0 Å². The van der Waals surface area contributed by atoms with E-state index >= 15 is 0 Å². The number of aliphatic carboxylic acids is 1. The summed E-state index contributed by atoms with van der Waals surface area (Å²) in [6.07, 6.45) is 0.719. The van der Waals surface area contributed by atoms with Gasteiger partial charge in [-0.25, -0.2) is 4.79 Å². The molecule has 5 nitrogen and oxygen atoms in total. The molecule has 6 heteroatoms. The molecule has 0 saturated heterocycles.